The third kappa shape index (κ3) is 3.06. The summed E-state index contributed by atoms with van der Waals surface area (Å²) in [4.78, 5) is 11.9. The van der Waals surface area contributed by atoms with E-state index in [2.05, 4.69) is 15.7 Å². The highest BCUT2D eigenvalue weighted by Crippen LogP contribution is 2.11. The van der Waals surface area contributed by atoms with E-state index in [1.165, 1.54) is 6.42 Å². The molecule has 0 spiro atoms. The van der Waals surface area contributed by atoms with Gasteiger partial charge in [-0.3, -0.25) is 9.48 Å². The number of rotatable bonds is 4. The first kappa shape index (κ1) is 12.1. The van der Waals surface area contributed by atoms with Crippen LogP contribution in [-0.4, -0.2) is 35.3 Å². The van der Waals surface area contributed by atoms with Crippen LogP contribution in [0.2, 0.25) is 0 Å². The number of nitrogens with zero attached hydrogens (tertiary/aromatic N) is 2. The summed E-state index contributed by atoms with van der Waals surface area (Å²) < 4.78 is 1.67. The third-order valence-corrected chi connectivity index (χ3v) is 3.26. The van der Waals surface area contributed by atoms with Gasteiger partial charge in [0.1, 0.15) is 0 Å². The molecule has 0 aliphatic carbocycles. The predicted molar refractivity (Wildman–Crippen MR) is 65.9 cm³/mol. The molecule has 0 bridgehead atoms. The highest BCUT2D eigenvalue weighted by Gasteiger charge is 2.15. The molecule has 1 saturated heterocycles. The van der Waals surface area contributed by atoms with Crippen LogP contribution in [0.4, 0.5) is 0 Å². The molecular formula is C12H20N4O. The highest BCUT2D eigenvalue weighted by atomic mass is 16.1. The van der Waals surface area contributed by atoms with Crippen LogP contribution in [-0.2, 0) is 7.05 Å². The largest absolute Gasteiger partial charge is 0.352 e. The van der Waals surface area contributed by atoms with E-state index in [9.17, 15) is 4.79 Å². The fourth-order valence-corrected chi connectivity index (χ4v) is 2.27. The molecule has 1 aromatic heterocycles. The van der Waals surface area contributed by atoms with Crippen molar-refractivity contribution in [2.75, 3.05) is 19.6 Å². The maximum absolute atomic E-state index is 11.9. The van der Waals surface area contributed by atoms with Crippen molar-refractivity contribution in [3.63, 3.8) is 0 Å². The average molecular weight is 236 g/mol. The summed E-state index contributed by atoms with van der Waals surface area (Å²) >= 11 is 0. The first-order valence-electron chi connectivity index (χ1n) is 6.16. The second-order valence-electron chi connectivity index (χ2n) is 4.71. The lowest BCUT2D eigenvalue weighted by Gasteiger charge is -2.08. The smallest absolute Gasteiger partial charge is 0.254 e. The topological polar surface area (TPSA) is 59.0 Å². The predicted octanol–water partition coefficient (Wildman–Crippen LogP) is 0.458. The fourth-order valence-electron chi connectivity index (χ4n) is 2.27. The summed E-state index contributed by atoms with van der Waals surface area (Å²) in [6, 6.07) is 0. The number of aryl methyl sites for hydroxylation is 2. The Bertz CT molecular complexity index is 393. The Morgan fingerprint density at radius 2 is 2.53 bits per heavy atom. The molecule has 2 N–H and O–H groups in total. The molecule has 0 radical (unpaired) electrons. The van der Waals surface area contributed by atoms with Gasteiger partial charge in [-0.15, -0.1) is 0 Å². The zero-order chi connectivity index (χ0) is 12.3. The van der Waals surface area contributed by atoms with Crippen LogP contribution >= 0.6 is 0 Å². The number of aromatic nitrogens is 2. The Morgan fingerprint density at radius 1 is 1.71 bits per heavy atom. The fraction of sp³-hybridized carbons (Fsp3) is 0.667. The summed E-state index contributed by atoms with van der Waals surface area (Å²) in [5.41, 5.74) is 1.46. The first-order valence-corrected chi connectivity index (χ1v) is 6.16. The van der Waals surface area contributed by atoms with Gasteiger partial charge in [0.15, 0.2) is 0 Å². The molecule has 17 heavy (non-hydrogen) atoms. The minimum absolute atomic E-state index is 0.0124. The molecule has 1 fully saturated rings. The van der Waals surface area contributed by atoms with Crippen molar-refractivity contribution in [1.82, 2.24) is 20.4 Å². The summed E-state index contributed by atoms with van der Waals surface area (Å²) in [5.74, 6) is 0.701. The van der Waals surface area contributed by atoms with Gasteiger partial charge in [-0.25, -0.2) is 0 Å². The van der Waals surface area contributed by atoms with E-state index in [1.807, 2.05) is 14.0 Å². The quantitative estimate of drug-likeness (QED) is 0.798. The second kappa shape index (κ2) is 5.31. The second-order valence-corrected chi connectivity index (χ2v) is 4.71. The zero-order valence-corrected chi connectivity index (χ0v) is 10.5. The summed E-state index contributed by atoms with van der Waals surface area (Å²) in [6.45, 7) is 4.80. The van der Waals surface area contributed by atoms with Gasteiger partial charge in [0, 0.05) is 19.8 Å². The lowest BCUT2D eigenvalue weighted by molar-refractivity contribution is 0.0951. The van der Waals surface area contributed by atoms with Crippen molar-refractivity contribution in [3.8, 4) is 0 Å². The van der Waals surface area contributed by atoms with E-state index in [4.69, 9.17) is 0 Å². The molecule has 2 rings (SSSR count). The zero-order valence-electron chi connectivity index (χ0n) is 10.5. The van der Waals surface area contributed by atoms with Gasteiger partial charge in [0.05, 0.1) is 11.3 Å². The van der Waals surface area contributed by atoms with E-state index < -0.39 is 0 Å². The monoisotopic (exact) mass is 236 g/mol. The molecule has 0 saturated carbocycles. The summed E-state index contributed by atoms with van der Waals surface area (Å²) in [5, 5.41) is 10.5. The number of nitrogens with one attached hydrogen (secondary N) is 2. The van der Waals surface area contributed by atoms with Crippen LogP contribution < -0.4 is 10.6 Å². The van der Waals surface area contributed by atoms with Crippen LogP contribution in [0, 0.1) is 12.8 Å². The van der Waals surface area contributed by atoms with E-state index in [1.54, 1.807) is 10.9 Å². The molecule has 1 aromatic rings. The van der Waals surface area contributed by atoms with Gasteiger partial charge in [-0.1, -0.05) is 0 Å². The van der Waals surface area contributed by atoms with Crippen molar-refractivity contribution < 1.29 is 4.79 Å². The van der Waals surface area contributed by atoms with Gasteiger partial charge >= 0.3 is 0 Å². The number of hydrogen-bond donors (Lipinski definition) is 2. The molecule has 0 aromatic carbocycles. The number of amides is 1. The van der Waals surface area contributed by atoms with Crippen LogP contribution in [0.3, 0.4) is 0 Å². The summed E-state index contributed by atoms with van der Waals surface area (Å²) in [7, 11) is 1.83. The Kier molecular flexibility index (Phi) is 3.78. The normalized spacial score (nSPS) is 19.5. The van der Waals surface area contributed by atoms with Gasteiger partial charge in [-0.05, 0) is 38.8 Å². The Balaban J connectivity index is 1.78. The van der Waals surface area contributed by atoms with Gasteiger partial charge < -0.3 is 10.6 Å². The lowest BCUT2D eigenvalue weighted by Crippen LogP contribution is -2.26. The standard InChI is InChI=1S/C12H20N4O/c1-9-11(8-16(2)15-9)12(17)14-6-4-10-3-5-13-7-10/h8,10,13H,3-7H2,1-2H3,(H,14,17). The molecule has 1 amide bonds. The van der Waals surface area contributed by atoms with Crippen molar-refractivity contribution in [1.29, 1.82) is 0 Å². The van der Waals surface area contributed by atoms with Crippen molar-refractivity contribution in [2.24, 2.45) is 13.0 Å². The molecule has 1 aliphatic heterocycles. The molecule has 1 aliphatic rings. The minimum Gasteiger partial charge on any atom is -0.352 e. The van der Waals surface area contributed by atoms with E-state index >= 15 is 0 Å². The molecule has 5 nitrogen and oxygen atoms in total. The summed E-state index contributed by atoms with van der Waals surface area (Å²) in [6.07, 6.45) is 4.04. The number of carbonyl (C=O) groups excluding carboxylic acids is 1. The average Bonchev–Trinajstić information content (AvgIpc) is 2.88. The van der Waals surface area contributed by atoms with Crippen molar-refractivity contribution in [2.45, 2.75) is 19.8 Å². The van der Waals surface area contributed by atoms with E-state index in [0.717, 1.165) is 31.7 Å². The SMILES string of the molecule is Cc1nn(C)cc1C(=O)NCCC1CCNC1. The van der Waals surface area contributed by atoms with Gasteiger partial charge in [0.25, 0.3) is 5.91 Å². The molecule has 1 unspecified atom stereocenters. The van der Waals surface area contributed by atoms with Crippen LogP contribution in [0.1, 0.15) is 28.9 Å². The highest BCUT2D eigenvalue weighted by molar-refractivity contribution is 5.94. The van der Waals surface area contributed by atoms with Gasteiger partial charge in [-0.2, -0.15) is 5.10 Å². The molecule has 2 heterocycles. The van der Waals surface area contributed by atoms with E-state index in [0.29, 0.717) is 11.5 Å². The van der Waals surface area contributed by atoms with Crippen LogP contribution in [0.15, 0.2) is 6.20 Å². The van der Waals surface area contributed by atoms with Gasteiger partial charge in [0.2, 0.25) is 0 Å². The maximum Gasteiger partial charge on any atom is 0.254 e. The molecule has 94 valence electrons. The van der Waals surface area contributed by atoms with Crippen LogP contribution in [0.25, 0.3) is 0 Å². The van der Waals surface area contributed by atoms with Crippen molar-refractivity contribution >= 4 is 5.91 Å². The van der Waals surface area contributed by atoms with E-state index in [-0.39, 0.29) is 5.91 Å². The molecule has 5 heteroatoms. The first-order chi connectivity index (χ1) is 8.16. The third-order valence-electron chi connectivity index (χ3n) is 3.26. The number of carbonyl (C=O) groups is 1. The van der Waals surface area contributed by atoms with Crippen LogP contribution in [0.5, 0.6) is 0 Å². The van der Waals surface area contributed by atoms with Crippen molar-refractivity contribution in [3.05, 3.63) is 17.5 Å². The lowest BCUT2D eigenvalue weighted by atomic mass is 10.1. The Hall–Kier alpha value is -1.36. The molecular weight excluding hydrogens is 216 g/mol. The number of hydrogen-bond acceptors (Lipinski definition) is 3. The maximum atomic E-state index is 11.9. The Labute approximate surface area is 102 Å². The molecule has 1 atom stereocenters. The Morgan fingerprint density at radius 3 is 3.12 bits per heavy atom. The minimum atomic E-state index is -0.0124.